The van der Waals surface area contributed by atoms with Crippen molar-refractivity contribution in [1.82, 2.24) is 0 Å². The second-order valence-corrected chi connectivity index (χ2v) is 21.9. The first kappa shape index (κ1) is 38.8. The van der Waals surface area contributed by atoms with Crippen LogP contribution in [0.15, 0.2) is 170 Å². The van der Waals surface area contributed by atoms with E-state index in [1.54, 1.807) is 5.56 Å². The van der Waals surface area contributed by atoms with Gasteiger partial charge in [-0.05, 0) is 195 Å². The Hall–Kier alpha value is -6.44. The molecule has 1 spiro atoms. The summed E-state index contributed by atoms with van der Waals surface area (Å²) < 4.78 is 0. The molecule has 0 aromatic heterocycles. The molecule has 322 valence electrons. The minimum absolute atomic E-state index is 0.0580. The van der Waals surface area contributed by atoms with Crippen molar-refractivity contribution in [1.29, 1.82) is 0 Å². The van der Waals surface area contributed by atoms with Gasteiger partial charge in [0.25, 0.3) is 0 Å². The molecule has 0 amide bonds. The second kappa shape index (κ2) is 13.8. The molecule has 6 aliphatic carbocycles. The third-order valence-corrected chi connectivity index (χ3v) is 18.1. The summed E-state index contributed by atoms with van der Waals surface area (Å²) in [5.74, 6) is 2.89. The van der Waals surface area contributed by atoms with Gasteiger partial charge in [-0.3, -0.25) is 0 Å². The lowest BCUT2D eigenvalue weighted by molar-refractivity contribution is 0.00964. The van der Waals surface area contributed by atoms with Gasteiger partial charge in [0, 0.05) is 22.5 Å². The first-order valence-corrected chi connectivity index (χ1v) is 24.9. The van der Waals surface area contributed by atoms with Crippen molar-refractivity contribution >= 4 is 17.1 Å². The zero-order valence-corrected chi connectivity index (χ0v) is 38.8. The monoisotopic (exact) mass is 851 g/mol. The maximum absolute atomic E-state index is 2.51. The molecule has 66 heavy (non-hydrogen) atoms. The fourth-order valence-corrected chi connectivity index (χ4v) is 15.1. The van der Waals surface area contributed by atoms with E-state index in [1.165, 1.54) is 145 Å². The van der Waals surface area contributed by atoms with Gasteiger partial charge in [-0.15, -0.1) is 0 Å². The van der Waals surface area contributed by atoms with E-state index in [9.17, 15) is 0 Å². The molecular weight excluding hydrogens is 795 g/mol. The molecule has 8 aromatic carbocycles. The van der Waals surface area contributed by atoms with Gasteiger partial charge in [-0.1, -0.05) is 165 Å². The standard InChI is InChI=1S/C65H57N/c1-40-13-27-53-54-28-14-41(2)34-62(54)65(61(53)33-40)59-12-8-6-10-52(59)56-37-50(26-30-60(56)65)66(49-25-29-58-55(36-49)51-9-5-7-11-57(51)63(58,3)4)48-23-19-44(20-24-48)43-17-21-47(22-18-43)64-32-31-45-16-15-42(38-64)35-46(45)39-64/h5-14,17-30,33-34,36-37,42,45-46H,15-16,31-32,35,38-39H2,1-4H3. The quantitative estimate of drug-likeness (QED) is 0.167. The number of rotatable bonds is 5. The Kier molecular flexibility index (Phi) is 8.11. The number of anilines is 3. The summed E-state index contributed by atoms with van der Waals surface area (Å²) in [4.78, 5) is 2.51. The normalized spacial score (nSPS) is 22.6. The van der Waals surface area contributed by atoms with Crippen molar-refractivity contribution in [3.05, 3.63) is 220 Å². The maximum Gasteiger partial charge on any atom is 0.0725 e. The van der Waals surface area contributed by atoms with Crippen LogP contribution in [0.2, 0.25) is 0 Å². The second-order valence-electron chi connectivity index (χ2n) is 21.9. The minimum Gasteiger partial charge on any atom is -0.310 e. The van der Waals surface area contributed by atoms with Crippen molar-refractivity contribution in [2.24, 2.45) is 17.8 Å². The van der Waals surface area contributed by atoms with Gasteiger partial charge >= 0.3 is 0 Å². The van der Waals surface area contributed by atoms with Crippen molar-refractivity contribution in [2.75, 3.05) is 4.90 Å². The van der Waals surface area contributed by atoms with Crippen LogP contribution >= 0.6 is 0 Å². The van der Waals surface area contributed by atoms with E-state index >= 15 is 0 Å². The van der Waals surface area contributed by atoms with Crippen LogP contribution in [0.25, 0.3) is 44.5 Å². The third-order valence-electron chi connectivity index (χ3n) is 18.1. The summed E-state index contributed by atoms with van der Waals surface area (Å²) in [6.07, 6.45) is 10.1. The largest absolute Gasteiger partial charge is 0.310 e. The molecule has 8 aromatic rings. The van der Waals surface area contributed by atoms with Crippen LogP contribution in [0.4, 0.5) is 17.1 Å². The molecule has 1 heteroatoms. The van der Waals surface area contributed by atoms with Gasteiger partial charge in [0.05, 0.1) is 5.41 Å². The minimum atomic E-state index is -0.382. The lowest BCUT2D eigenvalue weighted by Crippen LogP contribution is -2.46. The van der Waals surface area contributed by atoms with Gasteiger partial charge in [-0.2, -0.15) is 0 Å². The van der Waals surface area contributed by atoms with E-state index in [4.69, 9.17) is 0 Å². The summed E-state index contributed by atoms with van der Waals surface area (Å²) in [6.45, 7) is 9.24. The fraction of sp³-hybridized carbons (Fsp3) is 0.262. The molecule has 3 saturated carbocycles. The van der Waals surface area contributed by atoms with E-state index in [0.717, 1.165) is 23.4 Å². The number of hydrogen-bond acceptors (Lipinski definition) is 1. The molecule has 0 aliphatic heterocycles. The van der Waals surface area contributed by atoms with Gasteiger partial charge in [0.2, 0.25) is 0 Å². The highest BCUT2D eigenvalue weighted by Crippen LogP contribution is 2.64. The summed E-state index contributed by atoms with van der Waals surface area (Å²) in [6, 6.07) is 66.3. The van der Waals surface area contributed by atoms with E-state index in [-0.39, 0.29) is 10.8 Å². The molecule has 14 rings (SSSR count). The molecule has 0 radical (unpaired) electrons. The Morgan fingerprint density at radius 1 is 0.424 bits per heavy atom. The van der Waals surface area contributed by atoms with E-state index in [0.29, 0.717) is 5.41 Å². The smallest absolute Gasteiger partial charge is 0.0725 e. The number of fused-ring (bicyclic) bond motifs is 15. The average Bonchev–Trinajstić information content (AvgIpc) is 3.88. The Labute approximate surface area is 391 Å². The van der Waals surface area contributed by atoms with Gasteiger partial charge in [0.15, 0.2) is 0 Å². The summed E-state index contributed by atoms with van der Waals surface area (Å²) in [5, 5.41) is 0. The molecule has 4 atom stereocenters. The first-order chi connectivity index (χ1) is 32.2. The van der Waals surface area contributed by atoms with Gasteiger partial charge < -0.3 is 4.90 Å². The zero-order valence-electron chi connectivity index (χ0n) is 38.8. The third kappa shape index (κ3) is 5.29. The van der Waals surface area contributed by atoms with Crippen LogP contribution in [0.3, 0.4) is 0 Å². The van der Waals surface area contributed by atoms with Crippen LogP contribution in [0, 0.1) is 31.6 Å². The van der Waals surface area contributed by atoms with Gasteiger partial charge in [0.1, 0.15) is 0 Å². The summed E-state index contributed by atoms with van der Waals surface area (Å²) in [7, 11) is 0. The van der Waals surface area contributed by atoms with Crippen LogP contribution in [0.5, 0.6) is 0 Å². The molecule has 0 heterocycles. The zero-order chi connectivity index (χ0) is 44.1. The van der Waals surface area contributed by atoms with E-state index in [2.05, 4.69) is 202 Å². The van der Waals surface area contributed by atoms with Crippen LogP contribution in [0.1, 0.15) is 109 Å². The van der Waals surface area contributed by atoms with Crippen molar-refractivity contribution < 1.29 is 0 Å². The van der Waals surface area contributed by atoms with Crippen LogP contribution in [-0.2, 0) is 16.2 Å². The topological polar surface area (TPSA) is 3.24 Å². The predicted octanol–water partition coefficient (Wildman–Crippen LogP) is 16.9. The number of hydrogen-bond donors (Lipinski definition) is 0. The Balaban J connectivity index is 0.903. The highest BCUT2D eigenvalue weighted by Gasteiger charge is 2.52. The van der Waals surface area contributed by atoms with Crippen molar-refractivity contribution in [3.63, 3.8) is 0 Å². The average molecular weight is 852 g/mol. The van der Waals surface area contributed by atoms with E-state index < -0.39 is 0 Å². The molecular formula is C65H57N. The molecule has 6 aliphatic rings. The highest BCUT2D eigenvalue weighted by atomic mass is 15.1. The molecule has 0 N–H and O–H groups in total. The van der Waals surface area contributed by atoms with Crippen LogP contribution < -0.4 is 4.90 Å². The summed E-state index contributed by atoms with van der Waals surface area (Å²) in [5.41, 5.74) is 26.6. The van der Waals surface area contributed by atoms with Crippen LogP contribution in [-0.4, -0.2) is 0 Å². The SMILES string of the molecule is Cc1ccc2c(c1)C1(c3ccccc3-c3cc(N(c4ccc(-c5ccc(C67CCC8CCC(CC8C6)C7)cc5)cc4)c4ccc5c(c4)-c4ccccc4C5(C)C)ccc31)c1cc(C)ccc1-2. The van der Waals surface area contributed by atoms with Gasteiger partial charge in [-0.25, -0.2) is 0 Å². The number of aryl methyl sites for hydroxylation is 2. The molecule has 1 nitrogen and oxygen atoms in total. The Morgan fingerprint density at radius 2 is 0.955 bits per heavy atom. The number of benzene rings is 8. The summed E-state index contributed by atoms with van der Waals surface area (Å²) >= 11 is 0. The first-order valence-electron chi connectivity index (χ1n) is 24.9. The molecule has 3 fully saturated rings. The highest BCUT2D eigenvalue weighted by molar-refractivity contribution is 5.97. The van der Waals surface area contributed by atoms with E-state index in [1.807, 2.05) is 0 Å². The number of nitrogens with zero attached hydrogens (tertiary/aromatic N) is 1. The molecule has 3 bridgehead atoms. The predicted molar refractivity (Wildman–Crippen MR) is 274 cm³/mol. The fourth-order valence-electron chi connectivity index (χ4n) is 15.1. The molecule has 0 saturated heterocycles. The Morgan fingerprint density at radius 3 is 1.64 bits per heavy atom. The van der Waals surface area contributed by atoms with Crippen molar-refractivity contribution in [2.45, 2.75) is 88.9 Å². The molecule has 4 unspecified atom stereocenters. The lowest BCUT2D eigenvalue weighted by Gasteiger charge is -2.55. The lowest BCUT2D eigenvalue weighted by atomic mass is 9.50. The maximum atomic E-state index is 2.51. The Bertz CT molecular complexity index is 3250. The van der Waals surface area contributed by atoms with Crippen molar-refractivity contribution in [3.8, 4) is 44.5 Å².